The first-order valence-electron chi connectivity index (χ1n) is 9.27. The number of benzene rings is 3. The third-order valence-corrected chi connectivity index (χ3v) is 4.92. The Morgan fingerprint density at radius 1 is 0.893 bits per heavy atom. The van der Waals surface area contributed by atoms with E-state index < -0.39 is 0 Å². The highest BCUT2D eigenvalue weighted by Crippen LogP contribution is 2.23. The van der Waals surface area contributed by atoms with Crippen LogP contribution in [0.4, 0.5) is 0 Å². The molecule has 4 nitrogen and oxygen atoms in total. The van der Waals surface area contributed by atoms with Crippen LogP contribution in [0.5, 0.6) is 5.75 Å². The normalized spacial score (nSPS) is 10.9. The Hall–Kier alpha value is -3.53. The van der Waals surface area contributed by atoms with E-state index in [1.807, 2.05) is 54.6 Å². The Bertz CT molecular complexity index is 1100. The van der Waals surface area contributed by atoms with Gasteiger partial charge in [-0.15, -0.1) is 0 Å². The molecule has 0 aliphatic carbocycles. The van der Waals surface area contributed by atoms with Crippen molar-refractivity contribution in [3.63, 3.8) is 0 Å². The molecule has 1 amide bonds. The molecule has 1 aromatic heterocycles. The fourth-order valence-corrected chi connectivity index (χ4v) is 3.47. The Kier molecular flexibility index (Phi) is 4.85. The van der Waals surface area contributed by atoms with Gasteiger partial charge in [-0.3, -0.25) is 4.79 Å². The number of carbonyl (C=O) groups is 1. The second kappa shape index (κ2) is 7.61. The molecule has 0 saturated heterocycles. The highest BCUT2D eigenvalue weighted by atomic mass is 16.3. The smallest absolute Gasteiger partial charge is 0.270 e. The van der Waals surface area contributed by atoms with E-state index in [4.69, 9.17) is 0 Å². The zero-order valence-electron chi connectivity index (χ0n) is 15.7. The van der Waals surface area contributed by atoms with Crippen molar-refractivity contribution < 1.29 is 9.90 Å². The third-order valence-electron chi connectivity index (χ3n) is 4.92. The SMILES string of the molecule is CN(Cc1ccc(O)cc1)C(=O)c1cc2ccccc2n1Cc1ccccc1. The molecular formula is C24H22N2O2. The fourth-order valence-electron chi connectivity index (χ4n) is 3.47. The van der Waals surface area contributed by atoms with Gasteiger partial charge < -0.3 is 14.6 Å². The summed E-state index contributed by atoms with van der Waals surface area (Å²) in [7, 11) is 1.81. The van der Waals surface area contributed by atoms with Crippen molar-refractivity contribution in [2.45, 2.75) is 13.1 Å². The Morgan fingerprint density at radius 2 is 1.57 bits per heavy atom. The Labute approximate surface area is 164 Å². The van der Waals surface area contributed by atoms with Gasteiger partial charge in [0, 0.05) is 31.0 Å². The summed E-state index contributed by atoms with van der Waals surface area (Å²) in [5.74, 6) is 0.195. The molecule has 1 N–H and O–H groups in total. The van der Waals surface area contributed by atoms with Gasteiger partial charge >= 0.3 is 0 Å². The fraction of sp³-hybridized carbons (Fsp3) is 0.125. The van der Waals surface area contributed by atoms with E-state index in [1.54, 1.807) is 24.1 Å². The molecule has 4 aromatic rings. The van der Waals surface area contributed by atoms with Crippen molar-refractivity contribution in [2.75, 3.05) is 7.05 Å². The lowest BCUT2D eigenvalue weighted by Gasteiger charge is -2.19. The summed E-state index contributed by atoms with van der Waals surface area (Å²) in [6.45, 7) is 1.12. The van der Waals surface area contributed by atoms with Gasteiger partial charge in [0.2, 0.25) is 0 Å². The average molecular weight is 370 g/mol. The standard InChI is InChI=1S/C24H22N2O2/c1-25(16-19-11-13-21(27)14-12-19)24(28)23-15-20-9-5-6-10-22(20)26(23)17-18-7-3-2-4-8-18/h2-15,27H,16-17H2,1H3. The minimum Gasteiger partial charge on any atom is -0.508 e. The summed E-state index contributed by atoms with van der Waals surface area (Å²) < 4.78 is 2.08. The van der Waals surface area contributed by atoms with Crippen LogP contribution in [0.25, 0.3) is 10.9 Å². The molecule has 3 aromatic carbocycles. The number of para-hydroxylation sites is 1. The topological polar surface area (TPSA) is 45.5 Å². The van der Waals surface area contributed by atoms with Gasteiger partial charge in [-0.25, -0.2) is 0 Å². The maximum Gasteiger partial charge on any atom is 0.270 e. The highest BCUT2D eigenvalue weighted by molar-refractivity contribution is 5.98. The first-order valence-corrected chi connectivity index (χ1v) is 9.27. The van der Waals surface area contributed by atoms with Crippen LogP contribution in [0.1, 0.15) is 21.6 Å². The van der Waals surface area contributed by atoms with Crippen molar-refractivity contribution >= 4 is 16.8 Å². The lowest BCUT2D eigenvalue weighted by Crippen LogP contribution is -2.28. The number of hydrogen-bond donors (Lipinski definition) is 1. The first-order chi connectivity index (χ1) is 13.6. The number of rotatable bonds is 5. The molecule has 0 aliphatic rings. The predicted octanol–water partition coefficient (Wildman–Crippen LogP) is 4.67. The van der Waals surface area contributed by atoms with Gasteiger partial charge in [-0.05, 0) is 35.4 Å². The van der Waals surface area contributed by atoms with Crippen molar-refractivity contribution in [3.05, 3.63) is 102 Å². The molecule has 0 spiro atoms. The van der Waals surface area contributed by atoms with Gasteiger partial charge in [-0.1, -0.05) is 60.7 Å². The van der Waals surface area contributed by atoms with Gasteiger partial charge in [0.1, 0.15) is 11.4 Å². The minimum absolute atomic E-state index is 0.0276. The van der Waals surface area contributed by atoms with E-state index in [0.29, 0.717) is 18.8 Å². The van der Waals surface area contributed by atoms with Crippen LogP contribution in [0.3, 0.4) is 0 Å². The summed E-state index contributed by atoms with van der Waals surface area (Å²) in [5.41, 5.74) is 3.84. The largest absolute Gasteiger partial charge is 0.508 e. The van der Waals surface area contributed by atoms with Crippen LogP contribution >= 0.6 is 0 Å². The van der Waals surface area contributed by atoms with Gasteiger partial charge in [-0.2, -0.15) is 0 Å². The molecule has 4 heteroatoms. The molecule has 0 unspecified atom stereocenters. The molecule has 0 bridgehead atoms. The zero-order valence-corrected chi connectivity index (χ0v) is 15.7. The maximum atomic E-state index is 13.3. The van der Waals surface area contributed by atoms with Crippen LogP contribution in [-0.4, -0.2) is 27.5 Å². The number of phenols is 1. The second-order valence-electron chi connectivity index (χ2n) is 6.99. The number of amides is 1. The molecular weight excluding hydrogens is 348 g/mol. The van der Waals surface area contributed by atoms with Crippen molar-refractivity contribution in [1.82, 2.24) is 9.47 Å². The lowest BCUT2D eigenvalue weighted by atomic mass is 10.2. The van der Waals surface area contributed by atoms with Crippen molar-refractivity contribution in [1.29, 1.82) is 0 Å². The highest BCUT2D eigenvalue weighted by Gasteiger charge is 2.19. The van der Waals surface area contributed by atoms with Crippen molar-refractivity contribution in [2.24, 2.45) is 0 Å². The number of fused-ring (bicyclic) bond motifs is 1. The predicted molar refractivity (Wildman–Crippen MR) is 111 cm³/mol. The number of phenolic OH excluding ortho intramolecular Hbond substituents is 1. The van der Waals surface area contributed by atoms with E-state index >= 15 is 0 Å². The summed E-state index contributed by atoms with van der Waals surface area (Å²) in [4.78, 5) is 15.0. The molecule has 0 fully saturated rings. The average Bonchev–Trinajstić information content (AvgIpc) is 3.08. The quantitative estimate of drug-likeness (QED) is 0.555. The summed E-state index contributed by atoms with van der Waals surface area (Å²) in [6, 6.07) is 27.1. The van der Waals surface area contributed by atoms with E-state index in [9.17, 15) is 9.90 Å². The van der Waals surface area contributed by atoms with Gasteiger partial charge in [0.25, 0.3) is 5.91 Å². The molecule has 1 heterocycles. The van der Waals surface area contributed by atoms with Crippen LogP contribution < -0.4 is 0 Å². The number of carbonyl (C=O) groups excluding carboxylic acids is 1. The summed E-state index contributed by atoms with van der Waals surface area (Å²) in [6.07, 6.45) is 0. The van der Waals surface area contributed by atoms with E-state index in [1.165, 1.54) is 0 Å². The van der Waals surface area contributed by atoms with E-state index in [2.05, 4.69) is 22.8 Å². The molecule has 0 aliphatic heterocycles. The Balaban J connectivity index is 1.67. The van der Waals surface area contributed by atoms with Crippen LogP contribution in [0, 0.1) is 0 Å². The van der Waals surface area contributed by atoms with Gasteiger partial charge in [0.15, 0.2) is 0 Å². The summed E-state index contributed by atoms with van der Waals surface area (Å²) >= 11 is 0. The van der Waals surface area contributed by atoms with Crippen molar-refractivity contribution in [3.8, 4) is 5.75 Å². The number of hydrogen-bond acceptors (Lipinski definition) is 2. The number of aromatic hydroxyl groups is 1. The van der Waals surface area contributed by atoms with E-state index in [-0.39, 0.29) is 11.7 Å². The molecule has 28 heavy (non-hydrogen) atoms. The third kappa shape index (κ3) is 3.62. The lowest BCUT2D eigenvalue weighted by molar-refractivity contribution is 0.0775. The van der Waals surface area contributed by atoms with Crippen LogP contribution in [-0.2, 0) is 13.1 Å². The van der Waals surface area contributed by atoms with Crippen LogP contribution in [0.2, 0.25) is 0 Å². The van der Waals surface area contributed by atoms with E-state index in [0.717, 1.165) is 22.0 Å². The molecule has 140 valence electrons. The van der Waals surface area contributed by atoms with Crippen LogP contribution in [0.15, 0.2) is 84.9 Å². The monoisotopic (exact) mass is 370 g/mol. The summed E-state index contributed by atoms with van der Waals surface area (Å²) in [5, 5.41) is 10.5. The van der Waals surface area contributed by atoms with Gasteiger partial charge in [0.05, 0.1) is 0 Å². The second-order valence-corrected chi connectivity index (χ2v) is 6.99. The molecule has 0 saturated carbocycles. The minimum atomic E-state index is -0.0276. The number of aromatic nitrogens is 1. The zero-order chi connectivity index (χ0) is 19.5. The number of nitrogens with zero attached hydrogens (tertiary/aromatic N) is 2. The molecule has 0 radical (unpaired) electrons. The molecule has 4 rings (SSSR count). The Morgan fingerprint density at radius 3 is 2.32 bits per heavy atom. The first kappa shape index (κ1) is 17.9. The maximum absolute atomic E-state index is 13.3. The molecule has 0 atom stereocenters.